The minimum atomic E-state index is -0.941. The Hall–Kier alpha value is -2.54. The van der Waals surface area contributed by atoms with Crippen LogP contribution >= 0.6 is 0 Å². The van der Waals surface area contributed by atoms with Crippen molar-refractivity contribution in [3.8, 4) is 0 Å². The van der Waals surface area contributed by atoms with Gasteiger partial charge in [0.15, 0.2) is 0 Å². The van der Waals surface area contributed by atoms with Gasteiger partial charge < -0.3 is 5.32 Å². The Morgan fingerprint density at radius 1 is 1.26 bits per heavy atom. The molecule has 0 saturated carbocycles. The van der Waals surface area contributed by atoms with Gasteiger partial charge in [-0.25, -0.2) is 0 Å². The lowest BCUT2D eigenvalue weighted by molar-refractivity contribution is -0.139. The molecule has 2 heterocycles. The van der Waals surface area contributed by atoms with Crippen LogP contribution < -0.4 is 10.6 Å². The summed E-state index contributed by atoms with van der Waals surface area (Å²) in [5, 5.41) is 5.37. The Morgan fingerprint density at radius 3 is 2.61 bits per heavy atom. The van der Waals surface area contributed by atoms with Crippen LogP contribution in [0, 0.1) is 6.92 Å². The molecule has 0 aliphatic carbocycles. The Bertz CT molecular complexity index is 714. The second-order valence-corrected chi connectivity index (χ2v) is 5.82. The molecule has 2 N–H and O–H groups in total. The Balaban J connectivity index is 1.90. The maximum atomic E-state index is 12.7. The van der Waals surface area contributed by atoms with Gasteiger partial charge in [0.05, 0.1) is 0 Å². The van der Waals surface area contributed by atoms with Gasteiger partial charge in [-0.05, 0) is 36.1 Å². The van der Waals surface area contributed by atoms with E-state index in [1.54, 1.807) is 13.0 Å². The molecular weight excluding hydrogens is 298 g/mol. The normalized spacial score (nSPS) is 20.0. The molecule has 0 spiro atoms. The Labute approximate surface area is 133 Å². The topological polar surface area (TPSA) is 95.6 Å². The lowest BCUT2D eigenvalue weighted by atomic mass is 9.98. The lowest BCUT2D eigenvalue weighted by Crippen LogP contribution is -2.53. The van der Waals surface area contributed by atoms with Gasteiger partial charge in [-0.2, -0.15) is 0 Å². The molecule has 1 unspecified atom stereocenters. The fourth-order valence-electron chi connectivity index (χ4n) is 3.05. The van der Waals surface area contributed by atoms with Gasteiger partial charge in [0.25, 0.3) is 5.91 Å². The smallest absolute Gasteiger partial charge is 0.261 e. The summed E-state index contributed by atoms with van der Waals surface area (Å²) in [6, 6.07) is 2.76. The highest BCUT2D eigenvalue weighted by Gasteiger charge is 2.35. The zero-order valence-electron chi connectivity index (χ0n) is 12.7. The molecule has 1 aromatic carbocycles. The fourth-order valence-corrected chi connectivity index (χ4v) is 3.05. The van der Waals surface area contributed by atoms with E-state index in [1.165, 1.54) is 0 Å². The lowest BCUT2D eigenvalue weighted by Gasteiger charge is -2.28. The van der Waals surface area contributed by atoms with Crippen molar-refractivity contribution >= 4 is 24.1 Å². The van der Waals surface area contributed by atoms with E-state index in [0.29, 0.717) is 18.5 Å². The molecule has 0 radical (unpaired) electrons. The molecule has 23 heavy (non-hydrogen) atoms. The van der Waals surface area contributed by atoms with Crippen LogP contribution in [0.25, 0.3) is 0 Å². The van der Waals surface area contributed by atoms with Crippen LogP contribution in [0.15, 0.2) is 12.1 Å². The molecule has 1 atom stereocenters. The first-order valence-electron chi connectivity index (χ1n) is 7.46. The molecule has 7 heteroatoms. The van der Waals surface area contributed by atoms with Gasteiger partial charge in [-0.15, -0.1) is 0 Å². The molecule has 2 aliphatic rings. The number of carbonyl (C=O) groups excluding carboxylic acids is 4. The minimum absolute atomic E-state index is 0.112. The van der Waals surface area contributed by atoms with Crippen molar-refractivity contribution in [1.82, 2.24) is 15.5 Å². The number of imide groups is 2. The van der Waals surface area contributed by atoms with Crippen molar-refractivity contribution in [2.24, 2.45) is 0 Å². The van der Waals surface area contributed by atoms with Crippen LogP contribution in [0.5, 0.6) is 0 Å². The van der Waals surface area contributed by atoms with Crippen molar-refractivity contribution in [1.29, 1.82) is 0 Å². The number of hydrogen-bond donors (Lipinski definition) is 2. The molecule has 0 aromatic heterocycles. The number of fused-ring (bicyclic) bond motifs is 1. The number of aryl methyl sites for hydroxylation is 1. The third-order valence-corrected chi connectivity index (χ3v) is 4.30. The van der Waals surface area contributed by atoms with Crippen molar-refractivity contribution in [2.75, 3.05) is 0 Å². The second kappa shape index (κ2) is 5.92. The average Bonchev–Trinajstić information content (AvgIpc) is 2.96. The molecule has 1 fully saturated rings. The van der Waals surface area contributed by atoms with Crippen LogP contribution in [-0.2, 0) is 27.5 Å². The number of piperidine rings is 1. The third kappa shape index (κ3) is 2.75. The van der Waals surface area contributed by atoms with E-state index < -0.39 is 17.9 Å². The number of carbonyl (C=O) groups is 4. The molecule has 4 amide bonds. The highest BCUT2D eigenvalue weighted by Crippen LogP contribution is 2.23. The van der Waals surface area contributed by atoms with Gasteiger partial charge in [0.2, 0.25) is 18.2 Å². The van der Waals surface area contributed by atoms with Gasteiger partial charge >= 0.3 is 0 Å². The summed E-state index contributed by atoms with van der Waals surface area (Å²) < 4.78 is 0. The van der Waals surface area contributed by atoms with Gasteiger partial charge in [-0.1, -0.05) is 6.07 Å². The van der Waals surface area contributed by atoms with E-state index >= 15 is 0 Å². The van der Waals surface area contributed by atoms with E-state index in [2.05, 4.69) is 10.6 Å². The zero-order chi connectivity index (χ0) is 16.6. The Kier molecular flexibility index (Phi) is 3.96. The predicted molar refractivity (Wildman–Crippen MR) is 80.1 cm³/mol. The van der Waals surface area contributed by atoms with E-state index in [4.69, 9.17) is 0 Å². The summed E-state index contributed by atoms with van der Waals surface area (Å²) in [5.74, 6) is -1.51. The summed E-state index contributed by atoms with van der Waals surface area (Å²) in [6.45, 7) is 3.24. The fraction of sp³-hybridized carbons (Fsp3) is 0.375. The highest BCUT2D eigenvalue weighted by molar-refractivity contribution is 6.07. The van der Waals surface area contributed by atoms with Gasteiger partial charge in [0.1, 0.15) is 6.04 Å². The molecule has 0 bridgehead atoms. The monoisotopic (exact) mass is 315 g/mol. The number of rotatable bonds is 3. The first-order chi connectivity index (χ1) is 11.0. The maximum absolute atomic E-state index is 12.7. The molecule has 2 aliphatic heterocycles. The molecular formula is C16H17N3O4. The number of benzene rings is 1. The van der Waals surface area contributed by atoms with Crippen LogP contribution in [-0.4, -0.2) is 35.1 Å². The summed E-state index contributed by atoms with van der Waals surface area (Å²) in [6.07, 6.45) is 0.634. The van der Waals surface area contributed by atoms with Gasteiger partial charge in [-0.3, -0.25) is 29.4 Å². The van der Waals surface area contributed by atoms with E-state index in [-0.39, 0.29) is 18.7 Å². The Morgan fingerprint density at radius 2 is 1.96 bits per heavy atom. The number of nitrogens with zero attached hydrogens (tertiary/aromatic N) is 1. The summed E-state index contributed by atoms with van der Waals surface area (Å²) in [7, 11) is 0. The predicted octanol–water partition coefficient (Wildman–Crippen LogP) is 0.00202. The maximum Gasteiger partial charge on any atom is 0.261 e. The van der Waals surface area contributed by atoms with E-state index in [1.807, 2.05) is 6.07 Å². The van der Waals surface area contributed by atoms with Crippen molar-refractivity contribution in [3.63, 3.8) is 0 Å². The van der Waals surface area contributed by atoms with E-state index in [9.17, 15) is 19.2 Å². The first-order valence-corrected chi connectivity index (χ1v) is 7.46. The van der Waals surface area contributed by atoms with Crippen LogP contribution in [0.4, 0.5) is 0 Å². The van der Waals surface area contributed by atoms with Crippen molar-refractivity contribution in [3.05, 3.63) is 34.4 Å². The minimum Gasteiger partial charge on any atom is -0.309 e. The number of nitrogens with one attached hydrogen (secondary N) is 2. The SMILES string of the molecule is Cc1cc2c(cc1C(=O)N(C=O)C1CCC(=O)NC1=O)CNC2. The highest BCUT2D eigenvalue weighted by atomic mass is 16.2. The summed E-state index contributed by atoms with van der Waals surface area (Å²) in [5.41, 5.74) is 3.33. The van der Waals surface area contributed by atoms with E-state index in [0.717, 1.165) is 28.1 Å². The number of amides is 4. The van der Waals surface area contributed by atoms with Crippen LogP contribution in [0.2, 0.25) is 0 Å². The molecule has 7 nitrogen and oxygen atoms in total. The van der Waals surface area contributed by atoms with Gasteiger partial charge in [0, 0.05) is 25.1 Å². The number of hydrogen-bond acceptors (Lipinski definition) is 5. The van der Waals surface area contributed by atoms with Crippen LogP contribution in [0.3, 0.4) is 0 Å². The van der Waals surface area contributed by atoms with Crippen LogP contribution in [0.1, 0.15) is 39.9 Å². The molecule has 1 aromatic rings. The molecule has 120 valence electrons. The molecule has 3 rings (SSSR count). The standard InChI is InChI=1S/C16H17N3O4/c1-9-4-10-6-17-7-11(10)5-12(9)16(23)19(8-20)13-2-3-14(21)18-15(13)22/h4-5,8,13,17H,2-3,6-7H2,1H3,(H,18,21,22). The molecule has 1 saturated heterocycles. The summed E-state index contributed by atoms with van der Waals surface area (Å²) in [4.78, 5) is 48.2. The summed E-state index contributed by atoms with van der Waals surface area (Å²) >= 11 is 0. The first kappa shape index (κ1) is 15.4. The van der Waals surface area contributed by atoms with Crippen molar-refractivity contribution in [2.45, 2.75) is 38.9 Å². The van der Waals surface area contributed by atoms with Crippen molar-refractivity contribution < 1.29 is 19.2 Å². The quantitative estimate of drug-likeness (QED) is 0.605. The average molecular weight is 315 g/mol. The largest absolute Gasteiger partial charge is 0.309 e. The third-order valence-electron chi connectivity index (χ3n) is 4.30. The zero-order valence-corrected chi connectivity index (χ0v) is 12.7. The second-order valence-electron chi connectivity index (χ2n) is 5.82.